The number of hydrogen-bond acceptors (Lipinski definition) is 3. The van der Waals surface area contributed by atoms with Crippen molar-refractivity contribution in [2.24, 2.45) is 0 Å². The average molecular weight is 400 g/mol. The number of halogens is 3. The lowest BCUT2D eigenvalue weighted by Gasteiger charge is -2.29. The summed E-state index contributed by atoms with van der Waals surface area (Å²) in [5.74, 6) is -0.733. The van der Waals surface area contributed by atoms with E-state index in [0.29, 0.717) is 16.6 Å². The SMILES string of the molecule is Cl.O=S(=O)(NC1CC2CCC(C1)N2)c1ccc(Br)cc1F. The lowest BCUT2D eigenvalue weighted by Crippen LogP contribution is -2.48. The van der Waals surface area contributed by atoms with Crippen molar-refractivity contribution in [3.05, 3.63) is 28.5 Å². The van der Waals surface area contributed by atoms with Gasteiger partial charge in [-0.15, -0.1) is 12.4 Å². The molecular weight excluding hydrogens is 383 g/mol. The Labute approximate surface area is 138 Å². The number of piperidine rings is 1. The molecule has 2 aliphatic rings. The van der Waals surface area contributed by atoms with Crippen molar-refractivity contribution >= 4 is 38.4 Å². The van der Waals surface area contributed by atoms with Crippen LogP contribution in [0.3, 0.4) is 0 Å². The van der Waals surface area contributed by atoms with Crippen LogP contribution in [-0.4, -0.2) is 26.5 Å². The number of benzene rings is 1. The number of rotatable bonds is 3. The van der Waals surface area contributed by atoms with Gasteiger partial charge in [-0.05, 0) is 43.9 Å². The molecule has 0 radical (unpaired) electrons. The van der Waals surface area contributed by atoms with Crippen molar-refractivity contribution in [1.82, 2.24) is 10.0 Å². The molecule has 0 saturated carbocycles. The standard InChI is InChI=1S/C13H16BrFN2O2S.ClH/c14-8-1-4-13(12(15)5-8)20(18,19)17-11-6-9-2-3-10(7-11)16-9;/h1,4-5,9-11,16-17H,2-3,6-7H2;1H. The van der Waals surface area contributed by atoms with Gasteiger partial charge in [0.15, 0.2) is 0 Å². The smallest absolute Gasteiger partial charge is 0.243 e. The van der Waals surface area contributed by atoms with Crippen LogP contribution >= 0.6 is 28.3 Å². The number of nitrogens with one attached hydrogen (secondary N) is 2. The molecule has 1 aromatic rings. The Morgan fingerprint density at radius 2 is 1.86 bits per heavy atom. The van der Waals surface area contributed by atoms with Crippen molar-refractivity contribution in [3.8, 4) is 0 Å². The monoisotopic (exact) mass is 398 g/mol. The first kappa shape index (κ1) is 17.1. The predicted octanol–water partition coefficient (Wildman–Crippen LogP) is 2.57. The maximum atomic E-state index is 13.8. The zero-order chi connectivity index (χ0) is 14.3. The lowest BCUT2D eigenvalue weighted by atomic mass is 10.0. The van der Waals surface area contributed by atoms with Gasteiger partial charge in [0.05, 0.1) is 0 Å². The highest BCUT2D eigenvalue weighted by Crippen LogP contribution is 2.28. The fourth-order valence-electron chi connectivity index (χ4n) is 3.13. The Balaban J connectivity index is 0.00000161. The maximum Gasteiger partial charge on any atom is 0.243 e. The third-order valence-corrected chi connectivity index (χ3v) is 6.03. The molecule has 0 aromatic heterocycles. The first-order chi connectivity index (χ1) is 9.44. The Morgan fingerprint density at radius 3 is 2.43 bits per heavy atom. The highest BCUT2D eigenvalue weighted by atomic mass is 79.9. The van der Waals surface area contributed by atoms with Gasteiger partial charge in [-0.25, -0.2) is 17.5 Å². The molecule has 2 unspecified atom stereocenters. The molecule has 0 amide bonds. The van der Waals surface area contributed by atoms with Gasteiger partial charge in [0.25, 0.3) is 0 Å². The van der Waals surface area contributed by atoms with Crippen molar-refractivity contribution in [1.29, 1.82) is 0 Å². The molecule has 2 N–H and O–H groups in total. The van der Waals surface area contributed by atoms with Gasteiger partial charge in [0.1, 0.15) is 10.7 Å². The van der Waals surface area contributed by atoms with Crippen LogP contribution in [0.2, 0.25) is 0 Å². The van der Waals surface area contributed by atoms with Crippen LogP contribution in [0.15, 0.2) is 27.6 Å². The quantitative estimate of drug-likeness (QED) is 0.821. The average Bonchev–Trinajstić information content (AvgIpc) is 2.67. The normalized spacial score (nSPS) is 28.2. The highest BCUT2D eigenvalue weighted by Gasteiger charge is 2.35. The molecule has 0 spiro atoms. The summed E-state index contributed by atoms with van der Waals surface area (Å²) in [7, 11) is -3.80. The van der Waals surface area contributed by atoms with Crippen molar-refractivity contribution in [3.63, 3.8) is 0 Å². The van der Waals surface area contributed by atoms with E-state index < -0.39 is 15.8 Å². The number of sulfonamides is 1. The maximum absolute atomic E-state index is 13.8. The second kappa shape index (κ2) is 6.50. The van der Waals surface area contributed by atoms with E-state index in [9.17, 15) is 12.8 Å². The van der Waals surface area contributed by atoms with Gasteiger partial charge >= 0.3 is 0 Å². The van der Waals surface area contributed by atoms with Crippen molar-refractivity contribution in [2.75, 3.05) is 0 Å². The van der Waals surface area contributed by atoms with E-state index >= 15 is 0 Å². The summed E-state index contributed by atoms with van der Waals surface area (Å²) in [5, 5.41) is 3.45. The lowest BCUT2D eigenvalue weighted by molar-refractivity contribution is 0.345. The molecule has 4 nitrogen and oxygen atoms in total. The molecule has 2 fully saturated rings. The third kappa shape index (κ3) is 3.76. The molecule has 2 bridgehead atoms. The number of fused-ring (bicyclic) bond motifs is 2. The van der Waals surface area contributed by atoms with Crippen LogP contribution in [0.1, 0.15) is 25.7 Å². The number of hydrogen-bond donors (Lipinski definition) is 2. The highest BCUT2D eigenvalue weighted by molar-refractivity contribution is 9.10. The van der Waals surface area contributed by atoms with Gasteiger partial charge in [-0.1, -0.05) is 15.9 Å². The molecule has 0 aliphatic carbocycles. The van der Waals surface area contributed by atoms with Crippen molar-refractivity contribution in [2.45, 2.75) is 48.7 Å². The molecule has 118 valence electrons. The van der Waals surface area contributed by atoms with Crippen LogP contribution < -0.4 is 10.0 Å². The summed E-state index contributed by atoms with van der Waals surface area (Å²) in [6.07, 6.45) is 3.73. The minimum Gasteiger partial charge on any atom is -0.311 e. The Morgan fingerprint density at radius 1 is 1.24 bits per heavy atom. The molecule has 2 aliphatic heterocycles. The van der Waals surface area contributed by atoms with E-state index in [1.807, 2.05) is 0 Å². The van der Waals surface area contributed by atoms with Crippen molar-refractivity contribution < 1.29 is 12.8 Å². The van der Waals surface area contributed by atoms with E-state index in [1.54, 1.807) is 0 Å². The molecule has 1 aromatic carbocycles. The third-order valence-electron chi connectivity index (χ3n) is 3.98. The van der Waals surface area contributed by atoms with Crippen LogP contribution in [0.25, 0.3) is 0 Å². The molecular formula is C13H17BrClFN2O2S. The zero-order valence-electron chi connectivity index (χ0n) is 11.2. The van der Waals surface area contributed by atoms with E-state index in [4.69, 9.17) is 0 Å². The van der Waals surface area contributed by atoms with Crippen LogP contribution in [-0.2, 0) is 10.0 Å². The Hall–Kier alpha value is -0.210. The largest absolute Gasteiger partial charge is 0.311 e. The van der Waals surface area contributed by atoms with E-state index in [0.717, 1.165) is 25.7 Å². The van der Waals surface area contributed by atoms with Gasteiger partial charge in [-0.3, -0.25) is 0 Å². The summed E-state index contributed by atoms with van der Waals surface area (Å²) < 4.78 is 41.5. The van der Waals surface area contributed by atoms with Gasteiger partial charge in [0, 0.05) is 22.6 Å². The van der Waals surface area contributed by atoms with Gasteiger partial charge < -0.3 is 5.32 Å². The topological polar surface area (TPSA) is 58.2 Å². The van der Waals surface area contributed by atoms with E-state index in [2.05, 4.69) is 26.0 Å². The second-order valence-electron chi connectivity index (χ2n) is 5.50. The first-order valence-electron chi connectivity index (χ1n) is 6.67. The summed E-state index contributed by atoms with van der Waals surface area (Å²) in [6.45, 7) is 0. The van der Waals surface area contributed by atoms with Gasteiger partial charge in [0.2, 0.25) is 10.0 Å². The fraction of sp³-hybridized carbons (Fsp3) is 0.538. The van der Waals surface area contributed by atoms with E-state index in [-0.39, 0.29) is 23.3 Å². The Bertz CT molecular complexity index is 617. The van der Waals surface area contributed by atoms with Gasteiger partial charge in [-0.2, -0.15) is 0 Å². The predicted molar refractivity (Wildman–Crippen MR) is 84.6 cm³/mol. The molecule has 2 heterocycles. The summed E-state index contributed by atoms with van der Waals surface area (Å²) >= 11 is 3.12. The van der Waals surface area contributed by atoms with Crippen LogP contribution in [0, 0.1) is 5.82 Å². The minimum atomic E-state index is -3.80. The summed E-state index contributed by atoms with van der Waals surface area (Å²) in [4.78, 5) is -0.286. The second-order valence-corrected chi connectivity index (χ2v) is 8.10. The molecule has 3 rings (SSSR count). The summed E-state index contributed by atoms with van der Waals surface area (Å²) in [6, 6.07) is 4.65. The molecule has 2 saturated heterocycles. The molecule has 2 atom stereocenters. The first-order valence-corrected chi connectivity index (χ1v) is 8.95. The zero-order valence-corrected chi connectivity index (χ0v) is 14.4. The fourth-order valence-corrected chi connectivity index (χ4v) is 4.78. The Kier molecular flexibility index (Phi) is 5.31. The summed E-state index contributed by atoms with van der Waals surface area (Å²) in [5.41, 5.74) is 0. The molecule has 8 heteroatoms. The minimum absolute atomic E-state index is 0. The van der Waals surface area contributed by atoms with Crippen LogP contribution in [0.4, 0.5) is 4.39 Å². The van der Waals surface area contributed by atoms with E-state index in [1.165, 1.54) is 18.2 Å². The molecule has 21 heavy (non-hydrogen) atoms. The van der Waals surface area contributed by atoms with Crippen LogP contribution in [0.5, 0.6) is 0 Å².